The van der Waals surface area contributed by atoms with E-state index >= 15 is 0 Å². The first-order valence-corrected chi connectivity index (χ1v) is 7.44. The lowest BCUT2D eigenvalue weighted by Gasteiger charge is -2.13. The van der Waals surface area contributed by atoms with Crippen LogP contribution in [-0.2, 0) is 5.92 Å². The Hall–Kier alpha value is -3.09. The van der Waals surface area contributed by atoms with Gasteiger partial charge in [0.05, 0.1) is 18.9 Å². The van der Waals surface area contributed by atoms with Crippen LogP contribution < -0.4 is 9.47 Å². The van der Waals surface area contributed by atoms with Crippen LogP contribution in [0.3, 0.4) is 0 Å². The molecule has 0 unspecified atom stereocenters. The highest BCUT2D eigenvalue weighted by Gasteiger charge is 2.25. The second kappa shape index (κ2) is 7.86. The van der Waals surface area contributed by atoms with Gasteiger partial charge in [0.1, 0.15) is 23.5 Å². The molecule has 3 rings (SSSR count). The lowest BCUT2D eigenvalue weighted by Crippen LogP contribution is -2.09. The van der Waals surface area contributed by atoms with E-state index in [4.69, 9.17) is 9.47 Å². The minimum absolute atomic E-state index is 0. The Bertz CT molecular complexity index is 865. The summed E-state index contributed by atoms with van der Waals surface area (Å²) < 4.78 is 37.6. The molecule has 0 atom stereocenters. The fraction of sp³-hybridized carbons (Fsp3) is 0.211. The average Bonchev–Trinajstić information content (AvgIpc) is 2.62. The number of benzene rings is 1. The number of para-hydroxylation sites is 1. The molecule has 2 heterocycles. The largest absolute Gasteiger partial charge is 0.496 e. The molecule has 0 saturated carbocycles. The third-order valence-electron chi connectivity index (χ3n) is 3.47. The molecule has 0 aliphatic heterocycles. The zero-order valence-corrected chi connectivity index (χ0v) is 13.6. The smallest absolute Gasteiger partial charge is 0.286 e. The Morgan fingerprint density at radius 3 is 2.38 bits per heavy atom. The molecule has 0 saturated heterocycles. The standard InChI is InChI=1S/C18H15F2N3O2.CH4/c1-18(19,20)16-8-7-12(9-22-16)25-17-14(10-21-11-23-17)13-5-3-4-6-15(13)24-2;/h3-11H,1-2H3;1H4. The molecule has 0 spiro atoms. The van der Waals surface area contributed by atoms with E-state index in [1.807, 2.05) is 24.3 Å². The summed E-state index contributed by atoms with van der Waals surface area (Å²) in [7, 11) is 1.57. The quantitative estimate of drug-likeness (QED) is 0.635. The summed E-state index contributed by atoms with van der Waals surface area (Å²) in [6.45, 7) is 0.792. The van der Waals surface area contributed by atoms with Gasteiger partial charge in [-0.15, -0.1) is 0 Å². The SMILES string of the molecule is C.COc1ccccc1-c1cncnc1Oc1ccc(C(C)(F)F)nc1. The summed E-state index contributed by atoms with van der Waals surface area (Å²) >= 11 is 0. The lowest BCUT2D eigenvalue weighted by atomic mass is 10.1. The monoisotopic (exact) mass is 359 g/mol. The molecule has 0 amide bonds. The van der Waals surface area contributed by atoms with Crippen molar-refractivity contribution >= 4 is 0 Å². The zero-order chi connectivity index (χ0) is 17.9. The van der Waals surface area contributed by atoms with Crippen LogP contribution in [0.4, 0.5) is 8.78 Å². The van der Waals surface area contributed by atoms with Gasteiger partial charge in [-0.2, -0.15) is 8.78 Å². The van der Waals surface area contributed by atoms with Gasteiger partial charge >= 0.3 is 0 Å². The summed E-state index contributed by atoms with van der Waals surface area (Å²) in [5.74, 6) is -1.79. The molecule has 26 heavy (non-hydrogen) atoms. The predicted octanol–water partition coefficient (Wildman–Crippen LogP) is 5.09. The predicted molar refractivity (Wildman–Crippen MR) is 94.6 cm³/mol. The number of pyridine rings is 1. The Morgan fingerprint density at radius 1 is 0.962 bits per heavy atom. The summed E-state index contributed by atoms with van der Waals surface area (Å²) in [6.07, 6.45) is 4.18. The Labute approximate surface area is 150 Å². The van der Waals surface area contributed by atoms with Gasteiger partial charge in [-0.25, -0.2) is 9.97 Å². The van der Waals surface area contributed by atoms with Gasteiger partial charge in [0.2, 0.25) is 5.88 Å². The van der Waals surface area contributed by atoms with Crippen molar-refractivity contribution in [2.24, 2.45) is 0 Å². The van der Waals surface area contributed by atoms with E-state index in [1.54, 1.807) is 13.3 Å². The average molecular weight is 359 g/mol. The molecule has 3 aromatic rings. The van der Waals surface area contributed by atoms with Gasteiger partial charge in [0, 0.05) is 18.7 Å². The van der Waals surface area contributed by atoms with E-state index in [2.05, 4.69) is 15.0 Å². The number of alkyl halides is 2. The van der Waals surface area contributed by atoms with E-state index in [-0.39, 0.29) is 19.0 Å². The molecular weight excluding hydrogens is 340 g/mol. The minimum Gasteiger partial charge on any atom is -0.496 e. The van der Waals surface area contributed by atoms with Crippen molar-refractivity contribution in [1.29, 1.82) is 0 Å². The van der Waals surface area contributed by atoms with Crippen molar-refractivity contribution in [3.8, 4) is 28.5 Å². The molecule has 7 heteroatoms. The third kappa shape index (κ3) is 4.11. The second-order valence-corrected chi connectivity index (χ2v) is 5.31. The number of ether oxygens (including phenoxy) is 2. The summed E-state index contributed by atoms with van der Waals surface area (Å²) in [5.41, 5.74) is 1.04. The summed E-state index contributed by atoms with van der Waals surface area (Å²) in [5, 5.41) is 0. The Kier molecular flexibility index (Phi) is 5.82. The van der Waals surface area contributed by atoms with Crippen LogP contribution in [0.25, 0.3) is 11.1 Å². The van der Waals surface area contributed by atoms with Crippen molar-refractivity contribution in [2.75, 3.05) is 7.11 Å². The maximum Gasteiger partial charge on any atom is 0.286 e. The number of halogens is 2. The first-order chi connectivity index (χ1) is 12.0. The topological polar surface area (TPSA) is 57.1 Å². The van der Waals surface area contributed by atoms with Crippen LogP contribution in [0.2, 0.25) is 0 Å². The normalized spacial score (nSPS) is 10.8. The van der Waals surface area contributed by atoms with Crippen LogP contribution in [0.15, 0.2) is 55.1 Å². The summed E-state index contributed by atoms with van der Waals surface area (Å²) in [4.78, 5) is 11.9. The van der Waals surface area contributed by atoms with E-state index in [0.717, 1.165) is 12.5 Å². The number of methoxy groups -OCH3 is 1. The Morgan fingerprint density at radius 2 is 1.73 bits per heavy atom. The molecule has 1 aromatic carbocycles. The Balaban J connectivity index is 0.00000243. The van der Waals surface area contributed by atoms with Crippen LogP contribution in [0, 0.1) is 0 Å². The number of hydrogen-bond donors (Lipinski definition) is 0. The van der Waals surface area contributed by atoms with Gasteiger partial charge in [0.25, 0.3) is 5.92 Å². The molecule has 0 aliphatic carbocycles. The minimum atomic E-state index is -3.00. The van der Waals surface area contributed by atoms with Crippen LogP contribution in [-0.4, -0.2) is 22.1 Å². The zero-order valence-electron chi connectivity index (χ0n) is 13.6. The molecule has 0 fully saturated rings. The number of hydrogen-bond acceptors (Lipinski definition) is 5. The highest BCUT2D eigenvalue weighted by molar-refractivity contribution is 5.73. The van der Waals surface area contributed by atoms with Gasteiger partial charge in [-0.05, 0) is 18.2 Å². The van der Waals surface area contributed by atoms with Gasteiger partial charge in [0.15, 0.2) is 0 Å². The maximum atomic E-state index is 13.2. The molecule has 0 bridgehead atoms. The van der Waals surface area contributed by atoms with Crippen LogP contribution in [0.1, 0.15) is 20.0 Å². The molecule has 136 valence electrons. The second-order valence-electron chi connectivity index (χ2n) is 5.31. The van der Waals surface area contributed by atoms with Gasteiger partial charge in [-0.3, -0.25) is 4.98 Å². The molecule has 2 aromatic heterocycles. The van der Waals surface area contributed by atoms with Crippen molar-refractivity contribution in [3.63, 3.8) is 0 Å². The lowest BCUT2D eigenvalue weighted by molar-refractivity contribution is 0.0127. The first kappa shape index (κ1) is 19.2. The third-order valence-corrected chi connectivity index (χ3v) is 3.47. The van der Waals surface area contributed by atoms with E-state index in [0.29, 0.717) is 17.1 Å². The van der Waals surface area contributed by atoms with Crippen LogP contribution >= 0.6 is 0 Å². The fourth-order valence-electron chi connectivity index (χ4n) is 2.26. The number of nitrogens with zero attached hydrogens (tertiary/aromatic N) is 3. The van der Waals surface area contributed by atoms with Gasteiger partial charge in [-0.1, -0.05) is 25.6 Å². The molecule has 0 N–H and O–H groups in total. The van der Waals surface area contributed by atoms with E-state index < -0.39 is 5.92 Å². The number of aromatic nitrogens is 3. The summed E-state index contributed by atoms with van der Waals surface area (Å²) in [6, 6.07) is 10.0. The molecular formula is C19H19F2N3O2. The van der Waals surface area contributed by atoms with Gasteiger partial charge < -0.3 is 9.47 Å². The fourth-order valence-corrected chi connectivity index (χ4v) is 2.26. The van der Waals surface area contributed by atoms with E-state index in [9.17, 15) is 8.78 Å². The molecule has 0 radical (unpaired) electrons. The number of rotatable bonds is 5. The first-order valence-electron chi connectivity index (χ1n) is 7.44. The van der Waals surface area contributed by atoms with Crippen LogP contribution in [0.5, 0.6) is 17.4 Å². The van der Waals surface area contributed by atoms with Crippen molar-refractivity contribution in [3.05, 3.63) is 60.8 Å². The van der Waals surface area contributed by atoms with E-state index in [1.165, 1.54) is 24.7 Å². The molecule has 5 nitrogen and oxygen atoms in total. The highest BCUT2D eigenvalue weighted by Crippen LogP contribution is 2.36. The maximum absolute atomic E-state index is 13.2. The highest BCUT2D eigenvalue weighted by atomic mass is 19.3. The van der Waals surface area contributed by atoms with Crippen molar-refractivity contribution < 1.29 is 18.3 Å². The van der Waals surface area contributed by atoms with Crippen molar-refractivity contribution in [1.82, 2.24) is 15.0 Å². The molecule has 0 aliphatic rings. The van der Waals surface area contributed by atoms with Crippen molar-refractivity contribution in [2.45, 2.75) is 20.3 Å².